The summed E-state index contributed by atoms with van der Waals surface area (Å²) in [6.07, 6.45) is 2.72. The second kappa shape index (κ2) is 8.51. The fourth-order valence-electron chi connectivity index (χ4n) is 3.73. The molecule has 1 aliphatic heterocycles. The maximum atomic E-state index is 10.9. The number of benzene rings is 1. The van der Waals surface area contributed by atoms with Crippen molar-refractivity contribution in [3.8, 4) is 22.6 Å². The highest BCUT2D eigenvalue weighted by Crippen LogP contribution is 2.27. The number of halogens is 1. The highest BCUT2D eigenvalue weighted by Gasteiger charge is 2.17. The van der Waals surface area contributed by atoms with Crippen LogP contribution in [0.25, 0.3) is 33.7 Å². The van der Waals surface area contributed by atoms with Crippen molar-refractivity contribution in [2.75, 3.05) is 36.8 Å². The number of carbonyl (C=O) groups excluding carboxylic acids is 1. The number of carbonyl (C=O) groups is 1. The smallest absolute Gasteiger partial charge is 0.209 e. The molecule has 1 amide bonds. The van der Waals surface area contributed by atoms with Gasteiger partial charge >= 0.3 is 0 Å². The van der Waals surface area contributed by atoms with Gasteiger partial charge in [0.05, 0.1) is 11.1 Å². The van der Waals surface area contributed by atoms with Crippen LogP contribution in [0.2, 0.25) is 0 Å². The van der Waals surface area contributed by atoms with Gasteiger partial charge in [0.25, 0.3) is 0 Å². The molecule has 2 N–H and O–H groups in total. The molecule has 8 nitrogen and oxygen atoms in total. The van der Waals surface area contributed by atoms with E-state index in [-0.39, 0.29) is 0 Å². The molecule has 1 fully saturated rings. The van der Waals surface area contributed by atoms with Crippen molar-refractivity contribution in [1.29, 1.82) is 0 Å². The van der Waals surface area contributed by atoms with E-state index in [2.05, 4.69) is 35.8 Å². The van der Waals surface area contributed by atoms with Gasteiger partial charge in [-0.2, -0.15) is 0 Å². The van der Waals surface area contributed by atoms with E-state index in [0.717, 1.165) is 46.6 Å². The lowest BCUT2D eigenvalue weighted by molar-refractivity contribution is -0.118. The first-order valence-corrected chi connectivity index (χ1v) is 11.0. The first kappa shape index (κ1) is 20.3. The number of rotatable bonds is 4. The van der Waals surface area contributed by atoms with Crippen LogP contribution < -0.4 is 10.6 Å². The maximum absolute atomic E-state index is 10.9. The summed E-state index contributed by atoms with van der Waals surface area (Å²) in [6.45, 7) is 2.96. The molecule has 1 aliphatic rings. The van der Waals surface area contributed by atoms with Gasteiger partial charge < -0.3 is 15.5 Å². The zero-order valence-electron chi connectivity index (χ0n) is 17.1. The molecule has 1 aromatic carbocycles. The average Bonchev–Trinajstić information content (AvgIpc) is 2.84. The highest BCUT2D eigenvalue weighted by molar-refractivity contribution is 9.10. The number of anilines is 2. The van der Waals surface area contributed by atoms with Crippen LogP contribution in [0.4, 0.5) is 11.6 Å². The van der Waals surface area contributed by atoms with E-state index < -0.39 is 0 Å². The number of nitrogens with zero attached hydrogens (tertiary/aromatic N) is 6. The van der Waals surface area contributed by atoms with Gasteiger partial charge in [-0.05, 0) is 36.4 Å². The molecule has 1 saturated heterocycles. The van der Waals surface area contributed by atoms with Gasteiger partial charge in [-0.25, -0.2) is 19.9 Å². The molecule has 0 unspecified atom stereocenters. The molecule has 32 heavy (non-hydrogen) atoms. The minimum atomic E-state index is 0.395. The predicted octanol–water partition coefficient (Wildman–Crippen LogP) is 3.38. The van der Waals surface area contributed by atoms with E-state index in [1.807, 2.05) is 54.7 Å². The molecule has 4 aromatic rings. The fourth-order valence-corrected chi connectivity index (χ4v) is 4.13. The lowest BCUT2D eigenvalue weighted by Crippen LogP contribution is -2.45. The molecule has 0 radical (unpaired) electrons. The molecule has 4 heterocycles. The van der Waals surface area contributed by atoms with Gasteiger partial charge in [-0.1, -0.05) is 28.1 Å². The van der Waals surface area contributed by atoms with E-state index in [1.165, 1.54) is 0 Å². The van der Waals surface area contributed by atoms with Crippen LogP contribution in [0, 0.1) is 0 Å². The Labute approximate surface area is 193 Å². The van der Waals surface area contributed by atoms with Crippen LogP contribution in [0.15, 0.2) is 59.2 Å². The quantitative estimate of drug-likeness (QED) is 0.438. The number of piperazine rings is 1. The monoisotopic (exact) mass is 489 g/mol. The molecule has 0 bridgehead atoms. The first-order valence-electron chi connectivity index (χ1n) is 10.2. The van der Waals surface area contributed by atoms with E-state index >= 15 is 0 Å². The SMILES string of the molecule is Nc1nc(-c2cccc(Br)c2)nc2nc(-c3ccc(N4CCN(C=O)CC4)nc3)ccc12. The number of hydrogen-bond donors (Lipinski definition) is 1. The second-order valence-corrected chi connectivity index (χ2v) is 8.46. The number of hydrogen-bond acceptors (Lipinski definition) is 7. The number of aromatic nitrogens is 4. The number of amides is 1. The third kappa shape index (κ3) is 3.99. The number of nitrogens with two attached hydrogens (primary N) is 1. The highest BCUT2D eigenvalue weighted by atomic mass is 79.9. The lowest BCUT2D eigenvalue weighted by atomic mass is 10.1. The van der Waals surface area contributed by atoms with Crippen LogP contribution in [0.1, 0.15) is 0 Å². The Morgan fingerprint density at radius 1 is 0.938 bits per heavy atom. The molecule has 0 saturated carbocycles. The molecular weight excluding hydrogens is 470 g/mol. The summed E-state index contributed by atoms with van der Waals surface area (Å²) in [7, 11) is 0. The van der Waals surface area contributed by atoms with Crippen molar-refractivity contribution >= 4 is 45.0 Å². The van der Waals surface area contributed by atoms with Crippen molar-refractivity contribution in [2.24, 2.45) is 0 Å². The summed E-state index contributed by atoms with van der Waals surface area (Å²) < 4.78 is 0.942. The van der Waals surface area contributed by atoms with Crippen LogP contribution in [0.3, 0.4) is 0 Å². The third-order valence-electron chi connectivity index (χ3n) is 5.50. The Bertz CT molecular complexity index is 1290. The standard InChI is InChI=1S/C23H20BrN7O/c24-17-3-1-2-15(12-17)22-28-21(25)18-5-6-19(27-23(18)29-22)16-4-7-20(26-13-16)31-10-8-30(14-32)9-11-31/h1-7,12-14H,8-11H2,(H2,25,27,28,29). The maximum Gasteiger partial charge on any atom is 0.209 e. The van der Waals surface area contributed by atoms with Crippen LogP contribution in [-0.2, 0) is 4.79 Å². The Balaban J connectivity index is 1.45. The van der Waals surface area contributed by atoms with E-state index in [4.69, 9.17) is 10.7 Å². The van der Waals surface area contributed by atoms with Gasteiger partial charge in [0.15, 0.2) is 11.5 Å². The summed E-state index contributed by atoms with van der Waals surface area (Å²) in [5.41, 5.74) is 9.26. The largest absolute Gasteiger partial charge is 0.383 e. The minimum absolute atomic E-state index is 0.395. The zero-order chi connectivity index (χ0) is 22.1. The average molecular weight is 490 g/mol. The summed E-state index contributed by atoms with van der Waals surface area (Å²) in [5, 5.41) is 0.713. The van der Waals surface area contributed by atoms with Crippen molar-refractivity contribution in [3.63, 3.8) is 0 Å². The summed E-state index contributed by atoms with van der Waals surface area (Å²) in [6, 6.07) is 15.5. The Kier molecular flexibility index (Phi) is 5.40. The summed E-state index contributed by atoms with van der Waals surface area (Å²) in [4.78, 5) is 33.3. The van der Waals surface area contributed by atoms with Crippen LogP contribution >= 0.6 is 15.9 Å². The van der Waals surface area contributed by atoms with E-state index in [9.17, 15) is 4.79 Å². The number of nitrogen functional groups attached to an aromatic ring is 1. The van der Waals surface area contributed by atoms with Gasteiger partial charge in [0.1, 0.15) is 11.6 Å². The molecule has 9 heteroatoms. The van der Waals surface area contributed by atoms with Crippen LogP contribution in [-0.4, -0.2) is 57.4 Å². The Hall–Kier alpha value is -3.59. The zero-order valence-corrected chi connectivity index (χ0v) is 18.7. The normalized spacial score (nSPS) is 14.0. The first-order chi connectivity index (χ1) is 15.6. The predicted molar refractivity (Wildman–Crippen MR) is 128 cm³/mol. The lowest BCUT2D eigenvalue weighted by Gasteiger charge is -2.33. The topological polar surface area (TPSA) is 101 Å². The van der Waals surface area contributed by atoms with Crippen molar-refractivity contribution in [2.45, 2.75) is 0 Å². The molecule has 0 aliphatic carbocycles. The van der Waals surface area contributed by atoms with Crippen LogP contribution in [0.5, 0.6) is 0 Å². The summed E-state index contributed by atoms with van der Waals surface area (Å²) in [5.74, 6) is 1.82. The molecule has 0 spiro atoms. The van der Waals surface area contributed by atoms with Crippen molar-refractivity contribution < 1.29 is 4.79 Å². The molecule has 3 aromatic heterocycles. The molecule has 0 atom stereocenters. The van der Waals surface area contributed by atoms with Gasteiger partial charge in [-0.3, -0.25) is 4.79 Å². The fraction of sp³-hybridized carbons (Fsp3) is 0.174. The number of fused-ring (bicyclic) bond motifs is 1. The molecule has 160 valence electrons. The van der Waals surface area contributed by atoms with Gasteiger partial charge in [0.2, 0.25) is 6.41 Å². The van der Waals surface area contributed by atoms with E-state index in [1.54, 1.807) is 4.90 Å². The van der Waals surface area contributed by atoms with Gasteiger partial charge in [0, 0.05) is 48.0 Å². The minimum Gasteiger partial charge on any atom is -0.383 e. The number of pyridine rings is 2. The Morgan fingerprint density at radius 3 is 2.50 bits per heavy atom. The molecule has 5 rings (SSSR count). The third-order valence-corrected chi connectivity index (χ3v) is 6.00. The van der Waals surface area contributed by atoms with Crippen molar-refractivity contribution in [1.82, 2.24) is 24.8 Å². The van der Waals surface area contributed by atoms with E-state index in [0.29, 0.717) is 35.8 Å². The Morgan fingerprint density at radius 2 is 1.78 bits per heavy atom. The summed E-state index contributed by atoms with van der Waals surface area (Å²) >= 11 is 3.48. The molecular formula is C23H20BrN7O. The van der Waals surface area contributed by atoms with Gasteiger partial charge in [-0.15, -0.1) is 0 Å². The van der Waals surface area contributed by atoms with Crippen molar-refractivity contribution in [3.05, 3.63) is 59.2 Å². The second-order valence-electron chi connectivity index (χ2n) is 7.54.